The zero-order chi connectivity index (χ0) is 20.1. The van der Waals surface area contributed by atoms with Crippen molar-refractivity contribution in [3.8, 4) is 0 Å². The summed E-state index contributed by atoms with van der Waals surface area (Å²) in [5.41, 5.74) is 8.34. The molecule has 0 unspecified atom stereocenters. The molecule has 0 spiro atoms. The first kappa shape index (κ1) is 21.1. The van der Waals surface area contributed by atoms with Crippen molar-refractivity contribution in [2.75, 3.05) is 0 Å². The van der Waals surface area contributed by atoms with Crippen LogP contribution in [0.5, 0.6) is 0 Å². The number of benzene rings is 1. The summed E-state index contributed by atoms with van der Waals surface area (Å²) < 4.78 is 0. The minimum Gasteiger partial charge on any atom is -0.273 e. The van der Waals surface area contributed by atoms with E-state index in [1.54, 1.807) is 41.5 Å². The van der Waals surface area contributed by atoms with Gasteiger partial charge in [0, 0.05) is 22.0 Å². The molecular formula is C18H26N4O4. The molecule has 0 saturated heterocycles. The van der Waals surface area contributed by atoms with Gasteiger partial charge in [0.05, 0.1) is 0 Å². The van der Waals surface area contributed by atoms with Gasteiger partial charge < -0.3 is 0 Å². The molecule has 0 saturated carbocycles. The van der Waals surface area contributed by atoms with Gasteiger partial charge in [-0.05, 0) is 18.2 Å². The van der Waals surface area contributed by atoms with Gasteiger partial charge in [0.1, 0.15) is 0 Å². The Hall–Kier alpha value is -2.90. The van der Waals surface area contributed by atoms with E-state index in [0.717, 1.165) is 0 Å². The first-order valence-electron chi connectivity index (χ1n) is 8.14. The van der Waals surface area contributed by atoms with Crippen LogP contribution in [-0.4, -0.2) is 23.6 Å². The molecule has 4 N–H and O–H groups in total. The van der Waals surface area contributed by atoms with Crippen LogP contribution in [0.4, 0.5) is 0 Å². The highest BCUT2D eigenvalue weighted by atomic mass is 16.2. The smallest absolute Gasteiger partial charge is 0.269 e. The Balaban J connectivity index is 2.72. The van der Waals surface area contributed by atoms with E-state index in [-0.39, 0.29) is 22.9 Å². The van der Waals surface area contributed by atoms with Crippen molar-refractivity contribution in [1.82, 2.24) is 21.7 Å². The number of hydrazine groups is 2. The summed E-state index contributed by atoms with van der Waals surface area (Å²) in [6, 6.07) is 5.89. The van der Waals surface area contributed by atoms with Crippen LogP contribution in [0.25, 0.3) is 0 Å². The maximum absolute atomic E-state index is 12.1. The largest absolute Gasteiger partial charge is 0.273 e. The summed E-state index contributed by atoms with van der Waals surface area (Å²) >= 11 is 0. The predicted octanol–water partition coefficient (Wildman–Crippen LogP) is 1.30. The second kappa shape index (κ2) is 7.99. The van der Waals surface area contributed by atoms with Crippen molar-refractivity contribution in [2.24, 2.45) is 10.8 Å². The number of hydrogen-bond donors (Lipinski definition) is 4. The molecule has 4 amide bonds. The molecule has 0 aromatic heterocycles. The fourth-order valence-corrected chi connectivity index (χ4v) is 1.55. The highest BCUT2D eigenvalue weighted by Gasteiger charge is 2.23. The van der Waals surface area contributed by atoms with Crippen molar-refractivity contribution in [1.29, 1.82) is 0 Å². The molecule has 0 aliphatic rings. The summed E-state index contributed by atoms with van der Waals surface area (Å²) in [7, 11) is 0. The first-order chi connectivity index (χ1) is 11.8. The molecule has 26 heavy (non-hydrogen) atoms. The Kier molecular flexibility index (Phi) is 6.49. The van der Waals surface area contributed by atoms with E-state index in [9.17, 15) is 19.2 Å². The highest BCUT2D eigenvalue weighted by Crippen LogP contribution is 2.12. The number of rotatable bonds is 2. The van der Waals surface area contributed by atoms with Crippen LogP contribution in [0.1, 0.15) is 62.3 Å². The Morgan fingerprint density at radius 1 is 0.654 bits per heavy atom. The molecule has 1 aromatic rings. The average Bonchev–Trinajstić information content (AvgIpc) is 2.55. The molecule has 0 aliphatic carbocycles. The van der Waals surface area contributed by atoms with Crippen LogP contribution in [0.3, 0.4) is 0 Å². The lowest BCUT2D eigenvalue weighted by Crippen LogP contribution is -2.47. The fourth-order valence-electron chi connectivity index (χ4n) is 1.55. The molecular weight excluding hydrogens is 336 g/mol. The van der Waals surface area contributed by atoms with Gasteiger partial charge in [0.25, 0.3) is 11.8 Å². The maximum Gasteiger partial charge on any atom is 0.269 e. The molecule has 1 rings (SSSR count). The van der Waals surface area contributed by atoms with Crippen molar-refractivity contribution in [2.45, 2.75) is 41.5 Å². The average molecular weight is 362 g/mol. The predicted molar refractivity (Wildman–Crippen MR) is 96.6 cm³/mol. The van der Waals surface area contributed by atoms with E-state index in [4.69, 9.17) is 0 Å². The molecule has 0 radical (unpaired) electrons. The fraction of sp³-hybridized carbons (Fsp3) is 0.444. The second-order valence-corrected chi connectivity index (χ2v) is 7.90. The summed E-state index contributed by atoms with van der Waals surface area (Å²) in [6.07, 6.45) is 0. The number of carbonyl (C=O) groups excluding carboxylic acids is 4. The van der Waals surface area contributed by atoms with E-state index >= 15 is 0 Å². The van der Waals surface area contributed by atoms with Crippen LogP contribution in [-0.2, 0) is 9.59 Å². The molecule has 0 atom stereocenters. The van der Waals surface area contributed by atoms with Gasteiger partial charge >= 0.3 is 0 Å². The summed E-state index contributed by atoms with van der Waals surface area (Å²) in [5, 5.41) is 0. The van der Waals surface area contributed by atoms with Crippen LogP contribution in [0.15, 0.2) is 24.3 Å². The molecule has 8 nitrogen and oxygen atoms in total. The van der Waals surface area contributed by atoms with Crippen LogP contribution in [0.2, 0.25) is 0 Å². The zero-order valence-corrected chi connectivity index (χ0v) is 15.9. The summed E-state index contributed by atoms with van der Waals surface area (Å²) in [4.78, 5) is 47.8. The normalized spacial score (nSPS) is 11.3. The lowest BCUT2D eigenvalue weighted by atomic mass is 9.96. The maximum atomic E-state index is 12.1. The highest BCUT2D eigenvalue weighted by molar-refractivity contribution is 6.00. The lowest BCUT2D eigenvalue weighted by molar-refractivity contribution is -0.129. The van der Waals surface area contributed by atoms with Crippen LogP contribution < -0.4 is 21.7 Å². The summed E-state index contributed by atoms with van der Waals surface area (Å²) in [6.45, 7) is 10.3. The third-order valence-electron chi connectivity index (χ3n) is 3.33. The number of amides is 4. The first-order valence-corrected chi connectivity index (χ1v) is 8.14. The number of hydrogen-bond acceptors (Lipinski definition) is 4. The molecule has 0 heterocycles. The third-order valence-corrected chi connectivity index (χ3v) is 3.33. The van der Waals surface area contributed by atoms with Crippen molar-refractivity contribution < 1.29 is 19.2 Å². The topological polar surface area (TPSA) is 116 Å². The molecule has 0 bridgehead atoms. The Morgan fingerprint density at radius 2 is 1.00 bits per heavy atom. The lowest BCUT2D eigenvalue weighted by Gasteiger charge is -2.18. The number of carbonyl (C=O) groups is 4. The van der Waals surface area contributed by atoms with E-state index in [2.05, 4.69) is 21.7 Å². The molecule has 142 valence electrons. The number of nitrogens with one attached hydrogen (secondary N) is 4. The van der Waals surface area contributed by atoms with Crippen molar-refractivity contribution in [3.63, 3.8) is 0 Å². The van der Waals surface area contributed by atoms with Gasteiger partial charge in [-0.25, -0.2) is 0 Å². The van der Waals surface area contributed by atoms with Gasteiger partial charge in [-0.2, -0.15) is 0 Å². The van der Waals surface area contributed by atoms with E-state index in [0.29, 0.717) is 0 Å². The monoisotopic (exact) mass is 362 g/mol. The Bertz CT molecular complexity index is 657. The van der Waals surface area contributed by atoms with Crippen molar-refractivity contribution >= 4 is 23.6 Å². The van der Waals surface area contributed by atoms with Crippen molar-refractivity contribution in [3.05, 3.63) is 35.4 Å². The van der Waals surface area contributed by atoms with Crippen LogP contribution in [0, 0.1) is 10.8 Å². The van der Waals surface area contributed by atoms with E-state index in [1.165, 1.54) is 24.3 Å². The van der Waals surface area contributed by atoms with Gasteiger partial charge in [-0.3, -0.25) is 40.9 Å². The summed E-state index contributed by atoms with van der Waals surface area (Å²) in [5.74, 6) is -1.80. The van der Waals surface area contributed by atoms with Gasteiger partial charge in [0.15, 0.2) is 0 Å². The second-order valence-electron chi connectivity index (χ2n) is 7.90. The quantitative estimate of drug-likeness (QED) is 0.593. The van der Waals surface area contributed by atoms with Gasteiger partial charge in [-0.1, -0.05) is 47.6 Å². The SMILES string of the molecule is CC(C)(C)C(=O)NNC(=O)c1cccc(C(=O)NNC(=O)C(C)(C)C)c1. The standard InChI is InChI=1S/C18H26N4O4/c1-17(2,3)15(25)21-19-13(23)11-8-7-9-12(10-11)14(24)20-22-16(26)18(4,5)6/h7-10H,1-6H3,(H,19,23)(H,20,24)(H,21,25)(H,22,26). The molecule has 1 aromatic carbocycles. The minimum absolute atomic E-state index is 0.189. The molecule has 0 aliphatic heterocycles. The van der Waals surface area contributed by atoms with E-state index in [1.807, 2.05) is 0 Å². The zero-order valence-electron chi connectivity index (χ0n) is 15.9. The Labute approximate surface area is 153 Å². The molecule has 8 heteroatoms. The molecule has 0 fully saturated rings. The van der Waals surface area contributed by atoms with Gasteiger partial charge in [0.2, 0.25) is 11.8 Å². The third kappa shape index (κ3) is 6.19. The minimum atomic E-state index is -0.653. The van der Waals surface area contributed by atoms with Crippen LogP contribution >= 0.6 is 0 Å². The van der Waals surface area contributed by atoms with Gasteiger partial charge in [-0.15, -0.1) is 0 Å². The Morgan fingerprint density at radius 3 is 1.31 bits per heavy atom. The van der Waals surface area contributed by atoms with E-state index < -0.39 is 22.6 Å².